The number of H-pyrrole nitrogens is 1. The van der Waals surface area contributed by atoms with Crippen molar-refractivity contribution in [3.63, 3.8) is 0 Å². The fourth-order valence-corrected chi connectivity index (χ4v) is 7.43. The van der Waals surface area contributed by atoms with Crippen LogP contribution in [0.1, 0.15) is 18.7 Å². The largest absolute Gasteiger partial charge is 0.465 e. The highest BCUT2D eigenvalue weighted by atomic mass is 32.2. The lowest BCUT2D eigenvalue weighted by atomic mass is 10.2. The molecule has 0 amide bonds. The van der Waals surface area contributed by atoms with E-state index in [0.29, 0.717) is 31.0 Å². The molecule has 3 heterocycles. The van der Waals surface area contributed by atoms with E-state index in [9.17, 15) is 13.2 Å². The van der Waals surface area contributed by atoms with E-state index in [-0.39, 0.29) is 29.9 Å². The zero-order valence-corrected chi connectivity index (χ0v) is 23.4. The first-order chi connectivity index (χ1) is 17.8. The van der Waals surface area contributed by atoms with Crippen molar-refractivity contribution in [3.05, 3.63) is 52.9 Å². The Morgan fingerprint density at radius 2 is 2.00 bits per heavy atom. The maximum absolute atomic E-state index is 13.6. The molecule has 0 saturated heterocycles. The second-order valence-corrected chi connectivity index (χ2v) is 12.4. The fraction of sp³-hybridized carbons (Fsp3) is 0.360. The van der Waals surface area contributed by atoms with Gasteiger partial charge in [0.2, 0.25) is 0 Å². The lowest BCUT2D eigenvalue weighted by molar-refractivity contribution is -0.144. The minimum absolute atomic E-state index is 0.190. The maximum Gasteiger partial charge on any atom is 0.320 e. The number of aromatic amines is 1. The van der Waals surface area contributed by atoms with Crippen LogP contribution in [0.2, 0.25) is 0 Å². The molecule has 4 aromatic rings. The van der Waals surface area contributed by atoms with Crippen molar-refractivity contribution in [2.45, 2.75) is 24.6 Å². The van der Waals surface area contributed by atoms with E-state index in [2.05, 4.69) is 9.97 Å². The zero-order valence-electron chi connectivity index (χ0n) is 21.0. The number of sulfonamides is 1. The highest BCUT2D eigenvalue weighted by molar-refractivity contribution is 7.94. The Morgan fingerprint density at radius 1 is 1.16 bits per heavy atom. The van der Waals surface area contributed by atoms with Crippen molar-refractivity contribution >= 4 is 55.3 Å². The molecule has 9 nitrogen and oxygen atoms in total. The number of hydrogen-bond donors (Lipinski definition) is 1. The number of rotatable bonds is 13. The van der Waals surface area contributed by atoms with Crippen LogP contribution >= 0.6 is 22.7 Å². The van der Waals surface area contributed by atoms with Gasteiger partial charge in [-0.1, -0.05) is 18.2 Å². The molecule has 0 atom stereocenters. The molecular formula is C25H30N4O5S3. The van der Waals surface area contributed by atoms with E-state index < -0.39 is 10.0 Å². The van der Waals surface area contributed by atoms with Crippen LogP contribution in [-0.2, 0) is 30.8 Å². The second kappa shape index (κ2) is 12.2. The summed E-state index contributed by atoms with van der Waals surface area (Å²) in [5.41, 5.74) is 2.07. The molecule has 0 radical (unpaired) electrons. The summed E-state index contributed by atoms with van der Waals surface area (Å²) in [5, 5.41) is 3.42. The molecule has 4 rings (SSSR count). The summed E-state index contributed by atoms with van der Waals surface area (Å²) in [6.45, 7) is 5.76. The molecule has 1 aromatic carbocycles. The number of carbonyl (C=O) groups excluding carboxylic acids is 1. The summed E-state index contributed by atoms with van der Waals surface area (Å²) in [6, 6.07) is 10.9. The van der Waals surface area contributed by atoms with Gasteiger partial charge in [0.05, 0.1) is 43.2 Å². The fourth-order valence-electron chi connectivity index (χ4n) is 3.90. The number of nitrogens with one attached hydrogen (secondary N) is 1. The summed E-state index contributed by atoms with van der Waals surface area (Å²) >= 11 is 2.71. The van der Waals surface area contributed by atoms with E-state index in [0.717, 1.165) is 21.0 Å². The Labute approximate surface area is 224 Å². The van der Waals surface area contributed by atoms with Gasteiger partial charge in [-0.15, -0.1) is 22.7 Å². The lowest BCUT2D eigenvalue weighted by Crippen LogP contribution is -2.34. The predicted octanol–water partition coefficient (Wildman–Crippen LogP) is 4.58. The van der Waals surface area contributed by atoms with Crippen LogP contribution in [-0.4, -0.2) is 69.2 Å². The summed E-state index contributed by atoms with van der Waals surface area (Å²) < 4.78 is 39.3. The van der Waals surface area contributed by atoms with E-state index in [4.69, 9.17) is 9.47 Å². The molecule has 0 saturated carbocycles. The topological polar surface area (TPSA) is 105 Å². The van der Waals surface area contributed by atoms with Crippen molar-refractivity contribution in [2.24, 2.45) is 0 Å². The van der Waals surface area contributed by atoms with Gasteiger partial charge in [-0.3, -0.25) is 14.0 Å². The van der Waals surface area contributed by atoms with Gasteiger partial charge in [0, 0.05) is 29.6 Å². The van der Waals surface area contributed by atoms with Gasteiger partial charge < -0.3 is 14.5 Å². The monoisotopic (exact) mass is 562 g/mol. The van der Waals surface area contributed by atoms with E-state index in [1.165, 1.54) is 27.0 Å². The quantitative estimate of drug-likeness (QED) is 0.188. The highest BCUT2D eigenvalue weighted by Crippen LogP contribution is 2.35. The van der Waals surface area contributed by atoms with Gasteiger partial charge in [0.25, 0.3) is 10.0 Å². The van der Waals surface area contributed by atoms with Gasteiger partial charge >= 0.3 is 5.97 Å². The number of likely N-dealkylation sites (N-methyl/N-ethyl adjacent to an activating group) is 1. The maximum atomic E-state index is 13.6. The third-order valence-corrected chi connectivity index (χ3v) is 9.70. The number of hydrogen-bond acceptors (Lipinski definition) is 9. The smallest absolute Gasteiger partial charge is 0.320 e. The van der Waals surface area contributed by atoms with Crippen molar-refractivity contribution in [1.82, 2.24) is 14.9 Å². The lowest BCUT2D eigenvalue weighted by Gasteiger charge is -2.24. The number of carbonyl (C=O) groups is 1. The number of benzene rings is 1. The number of esters is 1. The predicted molar refractivity (Wildman–Crippen MR) is 148 cm³/mol. The zero-order chi connectivity index (χ0) is 26.4. The summed E-state index contributed by atoms with van der Waals surface area (Å²) in [4.78, 5) is 22.6. The number of fused-ring (bicyclic) bond motifs is 1. The van der Waals surface area contributed by atoms with E-state index in [1.54, 1.807) is 36.7 Å². The number of thiophene rings is 1. The number of para-hydroxylation sites is 1. The first-order valence-electron chi connectivity index (χ1n) is 11.9. The Bertz CT molecular complexity index is 1430. The molecule has 37 heavy (non-hydrogen) atoms. The van der Waals surface area contributed by atoms with Crippen LogP contribution in [0.15, 0.2) is 52.2 Å². The third-order valence-electron chi connectivity index (χ3n) is 5.50. The Kier molecular flexibility index (Phi) is 8.98. The average molecular weight is 563 g/mol. The number of aromatic nitrogens is 2. The number of nitrogens with zero attached hydrogens (tertiary/aromatic N) is 3. The van der Waals surface area contributed by atoms with Crippen LogP contribution in [0.25, 0.3) is 21.6 Å². The normalized spacial score (nSPS) is 11.9. The Morgan fingerprint density at radius 3 is 2.73 bits per heavy atom. The summed E-state index contributed by atoms with van der Waals surface area (Å²) in [6.07, 6.45) is 1.80. The van der Waals surface area contributed by atoms with Crippen molar-refractivity contribution in [1.29, 1.82) is 0 Å². The molecular weight excluding hydrogens is 532 g/mol. The van der Waals surface area contributed by atoms with Gasteiger partial charge in [0.15, 0.2) is 0 Å². The van der Waals surface area contributed by atoms with Crippen LogP contribution in [0, 0.1) is 0 Å². The molecule has 0 aliphatic carbocycles. The molecule has 3 aromatic heterocycles. The van der Waals surface area contributed by atoms with Gasteiger partial charge in [-0.2, -0.15) is 0 Å². The Hall–Kier alpha value is -2.77. The van der Waals surface area contributed by atoms with Crippen LogP contribution < -0.4 is 4.31 Å². The summed E-state index contributed by atoms with van der Waals surface area (Å²) in [5.74, 6) is -0.260. The average Bonchev–Trinajstić information content (AvgIpc) is 3.62. The van der Waals surface area contributed by atoms with Crippen LogP contribution in [0.3, 0.4) is 0 Å². The molecule has 12 heteroatoms. The van der Waals surface area contributed by atoms with Crippen molar-refractivity contribution < 1.29 is 22.7 Å². The Balaban J connectivity index is 1.63. The minimum atomic E-state index is -3.77. The molecule has 0 aliphatic rings. The van der Waals surface area contributed by atoms with Gasteiger partial charge in [-0.05, 0) is 44.5 Å². The molecule has 0 aliphatic heterocycles. The second-order valence-electron chi connectivity index (χ2n) is 8.24. The number of ether oxygens (including phenoxy) is 2. The van der Waals surface area contributed by atoms with Crippen molar-refractivity contribution in [3.8, 4) is 10.7 Å². The molecule has 1 N–H and O–H groups in total. The number of anilines is 1. The van der Waals surface area contributed by atoms with E-state index >= 15 is 0 Å². The molecule has 0 unspecified atom stereocenters. The molecule has 0 spiro atoms. The molecule has 198 valence electrons. The minimum Gasteiger partial charge on any atom is -0.465 e. The molecule has 0 bridgehead atoms. The van der Waals surface area contributed by atoms with E-state index in [1.807, 2.05) is 37.1 Å². The standard InChI is InChI=1S/C25H30N4O5S3/c1-4-33-12-11-29(37(31,32)23-10-7-13-35-23)21-9-6-8-18-14-20(27-24(18)21)25-26-15-19(36-25)16-28(3)17-22(30)34-5-2/h6-10,13-15,27H,4-5,11-12,16-17H2,1-3H3. The highest BCUT2D eigenvalue weighted by Gasteiger charge is 2.28. The summed E-state index contributed by atoms with van der Waals surface area (Å²) in [7, 11) is -1.91. The third kappa shape index (κ3) is 6.39. The van der Waals surface area contributed by atoms with Gasteiger partial charge in [0.1, 0.15) is 9.22 Å². The first kappa shape index (κ1) is 27.3. The van der Waals surface area contributed by atoms with Crippen molar-refractivity contribution in [2.75, 3.05) is 44.3 Å². The van der Waals surface area contributed by atoms with Gasteiger partial charge in [-0.25, -0.2) is 13.4 Å². The molecule has 0 fully saturated rings. The van der Waals surface area contributed by atoms with Crippen LogP contribution in [0.5, 0.6) is 0 Å². The number of thiazole rings is 1. The van der Waals surface area contributed by atoms with Crippen LogP contribution in [0.4, 0.5) is 5.69 Å². The first-order valence-corrected chi connectivity index (χ1v) is 15.0. The SMILES string of the molecule is CCOCCN(c1cccc2cc(-c3ncc(CN(C)CC(=O)OCC)s3)[nH]c12)S(=O)(=O)c1cccs1.